The molecule has 1 heterocycles. The smallest absolute Gasteiger partial charge is 0.139 e. The summed E-state index contributed by atoms with van der Waals surface area (Å²) in [6.07, 6.45) is 0.465. The molecule has 1 aromatic heterocycles. The number of hydrogen-bond acceptors (Lipinski definition) is 4. The molecule has 0 aliphatic heterocycles. The lowest BCUT2D eigenvalue weighted by atomic mass is 9.83. The van der Waals surface area contributed by atoms with E-state index < -0.39 is 5.41 Å². The number of aromatic nitrogens is 1. The van der Waals surface area contributed by atoms with Crippen molar-refractivity contribution in [3.63, 3.8) is 0 Å². The largest absolute Gasteiger partial charge is 0.299 e. The van der Waals surface area contributed by atoms with Crippen LogP contribution in [-0.2, 0) is 16.0 Å². The number of Topliss-reactive ketones (excluding diaryl/α,β-unsaturated/α-hetero) is 2. The van der Waals surface area contributed by atoms with Crippen molar-refractivity contribution in [2.24, 2.45) is 5.41 Å². The number of nitrogens with zero attached hydrogens (tertiary/aromatic N) is 1. The molecule has 0 N–H and O–H groups in total. The zero-order valence-corrected chi connectivity index (χ0v) is 17.7. The van der Waals surface area contributed by atoms with E-state index >= 15 is 0 Å². The van der Waals surface area contributed by atoms with Crippen LogP contribution in [0.15, 0.2) is 53.9 Å². The summed E-state index contributed by atoms with van der Waals surface area (Å²) in [6, 6.07) is 15.8. The highest BCUT2D eigenvalue weighted by molar-refractivity contribution is 7.13. The minimum atomic E-state index is -0.632. The molecule has 2 aromatic carbocycles. The lowest BCUT2D eigenvalue weighted by Gasteiger charge is -2.19. The Morgan fingerprint density at radius 1 is 1.07 bits per heavy atom. The summed E-state index contributed by atoms with van der Waals surface area (Å²) in [5.41, 5.74) is 3.17. The van der Waals surface area contributed by atoms with Gasteiger partial charge >= 0.3 is 0 Å². The van der Waals surface area contributed by atoms with Gasteiger partial charge in [-0.1, -0.05) is 55.8 Å². The normalized spacial score (nSPS) is 11.4. The van der Waals surface area contributed by atoms with Crippen molar-refractivity contribution >= 4 is 34.5 Å². The standard InChI is InChI=1S/C23H22ClNO2S/c1-15(26)23(2,3)13-19(27)12-18-14-28-22(25-18)20-10-9-17(24)11-21(20)16-7-5-4-6-8-16/h4-11,14H,12-13H2,1-3H3. The molecule has 0 bridgehead atoms. The van der Waals surface area contributed by atoms with Crippen LogP contribution in [0.3, 0.4) is 0 Å². The van der Waals surface area contributed by atoms with E-state index in [1.165, 1.54) is 18.3 Å². The lowest BCUT2D eigenvalue weighted by molar-refractivity contribution is -0.130. The Hall–Kier alpha value is -2.30. The first kappa shape index (κ1) is 20.4. The SMILES string of the molecule is CC(=O)C(C)(C)CC(=O)Cc1csc(-c2ccc(Cl)cc2-c2ccccc2)n1. The fraction of sp³-hybridized carbons (Fsp3) is 0.261. The van der Waals surface area contributed by atoms with E-state index in [9.17, 15) is 9.59 Å². The molecule has 0 radical (unpaired) electrons. The number of ketones is 2. The first-order chi connectivity index (χ1) is 13.3. The molecule has 0 unspecified atom stereocenters. The molecule has 0 spiro atoms. The first-order valence-electron chi connectivity index (χ1n) is 9.09. The Morgan fingerprint density at radius 3 is 2.46 bits per heavy atom. The van der Waals surface area contributed by atoms with E-state index in [4.69, 9.17) is 11.6 Å². The summed E-state index contributed by atoms with van der Waals surface area (Å²) in [5, 5.41) is 3.43. The summed E-state index contributed by atoms with van der Waals surface area (Å²) >= 11 is 7.74. The zero-order chi connectivity index (χ0) is 20.3. The summed E-state index contributed by atoms with van der Waals surface area (Å²) in [4.78, 5) is 28.8. The van der Waals surface area contributed by atoms with Gasteiger partial charge in [0.25, 0.3) is 0 Å². The van der Waals surface area contributed by atoms with Crippen LogP contribution in [0, 0.1) is 5.41 Å². The molecule has 0 amide bonds. The van der Waals surface area contributed by atoms with Crippen molar-refractivity contribution in [1.82, 2.24) is 4.98 Å². The predicted octanol–water partition coefficient (Wildman–Crippen LogP) is 6.25. The third-order valence-corrected chi connectivity index (χ3v) is 5.98. The molecular weight excluding hydrogens is 390 g/mol. The molecule has 3 rings (SSSR count). The number of carbonyl (C=O) groups excluding carboxylic acids is 2. The maximum atomic E-state index is 12.4. The number of benzene rings is 2. The van der Waals surface area contributed by atoms with Gasteiger partial charge in [0.15, 0.2) is 0 Å². The van der Waals surface area contributed by atoms with Gasteiger partial charge in [0.1, 0.15) is 16.6 Å². The predicted molar refractivity (Wildman–Crippen MR) is 116 cm³/mol. The Balaban J connectivity index is 1.85. The Kier molecular flexibility index (Phi) is 6.11. The van der Waals surface area contributed by atoms with Crippen LogP contribution in [0.5, 0.6) is 0 Å². The fourth-order valence-corrected chi connectivity index (χ4v) is 3.98. The molecule has 0 fully saturated rings. The van der Waals surface area contributed by atoms with Crippen LogP contribution in [-0.4, -0.2) is 16.6 Å². The molecule has 0 aliphatic rings. The Morgan fingerprint density at radius 2 is 1.79 bits per heavy atom. The fourth-order valence-electron chi connectivity index (χ4n) is 2.95. The summed E-state index contributed by atoms with van der Waals surface area (Å²) in [7, 11) is 0. The van der Waals surface area contributed by atoms with Gasteiger partial charge in [0, 0.05) is 34.2 Å². The monoisotopic (exact) mass is 411 g/mol. The minimum Gasteiger partial charge on any atom is -0.299 e. The quantitative estimate of drug-likeness (QED) is 0.461. The van der Waals surface area contributed by atoms with Gasteiger partial charge in [-0.05, 0) is 36.2 Å². The van der Waals surface area contributed by atoms with E-state index in [2.05, 4.69) is 4.98 Å². The van der Waals surface area contributed by atoms with Gasteiger partial charge in [-0.25, -0.2) is 4.98 Å². The van der Waals surface area contributed by atoms with Crippen molar-refractivity contribution in [3.05, 3.63) is 64.6 Å². The maximum Gasteiger partial charge on any atom is 0.139 e. The highest BCUT2D eigenvalue weighted by Gasteiger charge is 2.27. The number of carbonyl (C=O) groups is 2. The highest BCUT2D eigenvalue weighted by Crippen LogP contribution is 2.36. The Bertz CT molecular complexity index is 1010. The molecule has 0 atom stereocenters. The number of rotatable bonds is 7. The van der Waals surface area contributed by atoms with Gasteiger partial charge in [-0.3, -0.25) is 9.59 Å². The Labute approximate surface area is 174 Å². The molecule has 144 valence electrons. The van der Waals surface area contributed by atoms with Crippen molar-refractivity contribution in [2.75, 3.05) is 0 Å². The van der Waals surface area contributed by atoms with Gasteiger partial charge in [-0.2, -0.15) is 0 Å². The average Bonchev–Trinajstić information content (AvgIpc) is 3.09. The zero-order valence-electron chi connectivity index (χ0n) is 16.2. The van der Waals surface area contributed by atoms with Gasteiger partial charge in [0.05, 0.1) is 5.69 Å². The average molecular weight is 412 g/mol. The second-order valence-electron chi connectivity index (χ2n) is 7.53. The first-order valence-corrected chi connectivity index (χ1v) is 10.3. The lowest BCUT2D eigenvalue weighted by Crippen LogP contribution is -2.25. The van der Waals surface area contributed by atoms with Crippen molar-refractivity contribution in [1.29, 1.82) is 0 Å². The van der Waals surface area contributed by atoms with Crippen LogP contribution in [0.4, 0.5) is 0 Å². The molecule has 28 heavy (non-hydrogen) atoms. The third-order valence-electron chi connectivity index (χ3n) is 4.82. The molecule has 0 saturated carbocycles. The third kappa shape index (κ3) is 4.75. The molecular formula is C23H22ClNO2S. The van der Waals surface area contributed by atoms with Gasteiger partial charge in [-0.15, -0.1) is 11.3 Å². The van der Waals surface area contributed by atoms with Crippen molar-refractivity contribution < 1.29 is 9.59 Å². The van der Waals surface area contributed by atoms with Crippen LogP contribution in [0.2, 0.25) is 5.02 Å². The number of hydrogen-bond donors (Lipinski definition) is 0. The number of thiazole rings is 1. The van der Waals surface area contributed by atoms with Crippen LogP contribution in [0.1, 0.15) is 32.9 Å². The second-order valence-corrected chi connectivity index (χ2v) is 8.83. The summed E-state index contributed by atoms with van der Waals surface area (Å²) in [5.74, 6) is 0.0462. The summed E-state index contributed by atoms with van der Waals surface area (Å²) < 4.78 is 0. The van der Waals surface area contributed by atoms with Gasteiger partial charge < -0.3 is 0 Å². The van der Waals surface area contributed by atoms with E-state index in [-0.39, 0.29) is 24.4 Å². The van der Waals surface area contributed by atoms with E-state index in [1.54, 1.807) is 13.8 Å². The highest BCUT2D eigenvalue weighted by atomic mass is 35.5. The second kappa shape index (κ2) is 8.38. The van der Waals surface area contributed by atoms with E-state index in [0.29, 0.717) is 5.02 Å². The molecule has 5 heteroatoms. The van der Waals surface area contributed by atoms with Crippen molar-refractivity contribution in [3.8, 4) is 21.7 Å². The number of halogens is 1. The maximum absolute atomic E-state index is 12.4. The van der Waals surface area contributed by atoms with Crippen molar-refractivity contribution in [2.45, 2.75) is 33.6 Å². The molecule has 0 saturated heterocycles. The van der Waals surface area contributed by atoms with E-state index in [1.807, 2.05) is 53.9 Å². The van der Waals surface area contributed by atoms with Crippen LogP contribution in [0.25, 0.3) is 21.7 Å². The van der Waals surface area contributed by atoms with Crippen LogP contribution < -0.4 is 0 Å². The van der Waals surface area contributed by atoms with E-state index in [0.717, 1.165) is 27.4 Å². The molecule has 0 aliphatic carbocycles. The topological polar surface area (TPSA) is 47.0 Å². The molecule has 3 nitrogen and oxygen atoms in total. The summed E-state index contributed by atoms with van der Waals surface area (Å²) in [6.45, 7) is 5.14. The molecule has 3 aromatic rings. The van der Waals surface area contributed by atoms with Gasteiger partial charge in [0.2, 0.25) is 0 Å². The minimum absolute atomic E-state index is 0.0217. The van der Waals surface area contributed by atoms with Crippen LogP contribution >= 0.6 is 22.9 Å².